The summed E-state index contributed by atoms with van der Waals surface area (Å²) in [5, 5.41) is 9.88. The summed E-state index contributed by atoms with van der Waals surface area (Å²) in [5.41, 5.74) is 0.261. The van der Waals surface area contributed by atoms with Crippen LogP contribution in [0.5, 0.6) is 0 Å². The maximum Gasteiger partial charge on any atom is 0.274 e. The first kappa shape index (κ1) is 15.2. The molecule has 110 valence electrons. The lowest BCUT2D eigenvalue weighted by molar-refractivity contribution is 0.0756. The summed E-state index contributed by atoms with van der Waals surface area (Å²) in [4.78, 5) is 22.6. The van der Waals surface area contributed by atoms with E-state index in [1.165, 1.54) is 6.20 Å². The second kappa shape index (κ2) is 6.06. The Morgan fingerprint density at radius 2 is 2.20 bits per heavy atom. The lowest BCUT2D eigenvalue weighted by Crippen LogP contribution is -2.31. The number of rotatable bonds is 3. The predicted molar refractivity (Wildman–Crippen MR) is 76.8 cm³/mol. The van der Waals surface area contributed by atoms with E-state index >= 15 is 0 Å². The molecule has 1 N–H and O–H groups in total. The number of halogens is 1. The van der Waals surface area contributed by atoms with Crippen molar-refractivity contribution in [2.24, 2.45) is 5.92 Å². The van der Waals surface area contributed by atoms with Gasteiger partial charge in [0.25, 0.3) is 5.91 Å². The number of nitrogens with zero attached hydrogens (tertiary/aromatic N) is 3. The maximum absolute atomic E-state index is 12.5. The fourth-order valence-electron chi connectivity index (χ4n) is 2.32. The third-order valence-electron chi connectivity index (χ3n) is 3.68. The molecular weight excluding hydrogens is 278 g/mol. The van der Waals surface area contributed by atoms with Crippen molar-refractivity contribution in [3.8, 4) is 0 Å². The Hall–Kier alpha value is -1.20. The molecule has 2 atom stereocenters. The number of carbonyl (C=O) groups is 1. The predicted octanol–water partition coefficient (Wildman–Crippen LogP) is 2.10. The van der Waals surface area contributed by atoms with Crippen molar-refractivity contribution in [3.63, 3.8) is 0 Å². The average molecular weight is 298 g/mol. The van der Waals surface area contributed by atoms with Gasteiger partial charge in [-0.2, -0.15) is 0 Å². The summed E-state index contributed by atoms with van der Waals surface area (Å²) < 4.78 is 0. The molecule has 1 aromatic rings. The van der Waals surface area contributed by atoms with Gasteiger partial charge in [0.15, 0.2) is 5.69 Å². The molecule has 1 amide bonds. The van der Waals surface area contributed by atoms with Crippen LogP contribution in [0.4, 0.5) is 0 Å². The summed E-state index contributed by atoms with van der Waals surface area (Å²) in [6, 6.07) is 0. The molecule has 6 heteroatoms. The number of hydrogen-bond donors (Lipinski definition) is 1. The van der Waals surface area contributed by atoms with Crippen molar-refractivity contribution in [3.05, 3.63) is 22.7 Å². The number of aromatic nitrogens is 2. The number of carbonyl (C=O) groups excluding carboxylic acids is 1. The molecule has 0 radical (unpaired) electrons. The molecule has 0 saturated carbocycles. The summed E-state index contributed by atoms with van der Waals surface area (Å²) in [6.07, 6.45) is 1.89. The Labute approximate surface area is 124 Å². The quantitative estimate of drug-likeness (QED) is 0.928. The fraction of sp³-hybridized carbons (Fsp3) is 0.643. The highest BCUT2D eigenvalue weighted by atomic mass is 35.5. The van der Waals surface area contributed by atoms with Crippen molar-refractivity contribution in [1.29, 1.82) is 0 Å². The van der Waals surface area contributed by atoms with Crippen LogP contribution in [0, 0.1) is 5.92 Å². The molecular formula is C14H20ClN3O2. The zero-order chi connectivity index (χ0) is 14.9. The van der Waals surface area contributed by atoms with Crippen LogP contribution >= 0.6 is 11.6 Å². The molecule has 1 saturated heterocycles. The van der Waals surface area contributed by atoms with E-state index in [4.69, 9.17) is 11.6 Å². The Kier molecular flexibility index (Phi) is 4.60. The summed E-state index contributed by atoms with van der Waals surface area (Å²) in [5.74, 6) is 0.707. The van der Waals surface area contributed by atoms with E-state index in [-0.39, 0.29) is 28.5 Å². The highest BCUT2D eigenvalue weighted by Gasteiger charge is 2.31. The Morgan fingerprint density at radius 1 is 1.50 bits per heavy atom. The van der Waals surface area contributed by atoms with E-state index in [0.29, 0.717) is 18.9 Å². The summed E-state index contributed by atoms with van der Waals surface area (Å²) in [7, 11) is 0. The summed E-state index contributed by atoms with van der Waals surface area (Å²) >= 11 is 6.05. The van der Waals surface area contributed by atoms with Crippen LogP contribution in [0.15, 0.2) is 6.20 Å². The number of aliphatic hydroxyl groups excluding tert-OH is 1. The minimum absolute atomic E-state index is 0.129. The molecule has 20 heavy (non-hydrogen) atoms. The Morgan fingerprint density at radius 3 is 2.75 bits per heavy atom. The van der Waals surface area contributed by atoms with Crippen LogP contribution in [0.3, 0.4) is 0 Å². The zero-order valence-electron chi connectivity index (χ0n) is 12.0. The fourth-order valence-corrected chi connectivity index (χ4v) is 2.50. The number of aliphatic hydroxyl groups is 1. The van der Waals surface area contributed by atoms with E-state index in [0.717, 1.165) is 6.42 Å². The normalized spacial score (nSPS) is 20.5. The summed E-state index contributed by atoms with van der Waals surface area (Å²) in [6.45, 7) is 6.88. The second-order valence-corrected chi connectivity index (χ2v) is 6.03. The third-order valence-corrected chi connectivity index (χ3v) is 3.95. The van der Waals surface area contributed by atoms with Gasteiger partial charge in [0.1, 0.15) is 5.82 Å². The van der Waals surface area contributed by atoms with Crippen molar-refractivity contribution < 1.29 is 9.90 Å². The molecule has 1 aliphatic rings. The van der Waals surface area contributed by atoms with E-state index in [9.17, 15) is 9.90 Å². The van der Waals surface area contributed by atoms with Crippen molar-refractivity contribution in [1.82, 2.24) is 14.9 Å². The van der Waals surface area contributed by atoms with Gasteiger partial charge in [0.2, 0.25) is 0 Å². The minimum Gasteiger partial charge on any atom is -0.393 e. The van der Waals surface area contributed by atoms with Crippen LogP contribution < -0.4 is 0 Å². The standard InChI is InChI=1S/C14H20ClN3O2/c1-8(2)13-16-6-11(15)12(17-13)14(20)18-5-4-10(7-18)9(3)19/h6,8-10,19H,4-5,7H2,1-3H3. The van der Waals surface area contributed by atoms with Gasteiger partial charge in [0, 0.05) is 24.9 Å². The number of amides is 1. The molecule has 2 heterocycles. The number of hydrogen-bond acceptors (Lipinski definition) is 4. The zero-order valence-corrected chi connectivity index (χ0v) is 12.8. The molecule has 5 nitrogen and oxygen atoms in total. The third kappa shape index (κ3) is 3.10. The molecule has 1 aromatic heterocycles. The smallest absolute Gasteiger partial charge is 0.274 e. The minimum atomic E-state index is -0.403. The second-order valence-electron chi connectivity index (χ2n) is 5.62. The van der Waals surface area contributed by atoms with E-state index in [1.54, 1.807) is 11.8 Å². The number of likely N-dealkylation sites (tertiary alicyclic amines) is 1. The first-order valence-corrected chi connectivity index (χ1v) is 7.27. The van der Waals surface area contributed by atoms with Gasteiger partial charge in [-0.05, 0) is 13.3 Å². The van der Waals surface area contributed by atoms with Gasteiger partial charge in [-0.25, -0.2) is 9.97 Å². The van der Waals surface area contributed by atoms with Crippen LogP contribution in [-0.2, 0) is 0 Å². The highest BCUT2D eigenvalue weighted by Crippen LogP contribution is 2.24. The van der Waals surface area contributed by atoms with Crippen LogP contribution in [0.2, 0.25) is 5.02 Å². The van der Waals surface area contributed by atoms with Gasteiger partial charge in [0.05, 0.1) is 17.3 Å². The maximum atomic E-state index is 12.5. The van der Waals surface area contributed by atoms with Gasteiger partial charge < -0.3 is 10.0 Å². The molecule has 2 unspecified atom stereocenters. The largest absolute Gasteiger partial charge is 0.393 e. The van der Waals surface area contributed by atoms with Crippen molar-refractivity contribution in [2.75, 3.05) is 13.1 Å². The molecule has 1 fully saturated rings. The van der Waals surface area contributed by atoms with Gasteiger partial charge in [-0.3, -0.25) is 4.79 Å². The van der Waals surface area contributed by atoms with Crippen LogP contribution in [0.1, 0.15) is 49.4 Å². The SMILES string of the molecule is CC(C)c1ncc(Cl)c(C(=O)N2CCC(C(C)O)C2)n1. The average Bonchev–Trinajstić information content (AvgIpc) is 2.88. The van der Waals surface area contributed by atoms with Gasteiger partial charge in [-0.15, -0.1) is 0 Å². The van der Waals surface area contributed by atoms with Crippen molar-refractivity contribution >= 4 is 17.5 Å². The lowest BCUT2D eigenvalue weighted by atomic mass is 10.0. The van der Waals surface area contributed by atoms with E-state index in [2.05, 4.69) is 9.97 Å². The van der Waals surface area contributed by atoms with Crippen LogP contribution in [0.25, 0.3) is 0 Å². The van der Waals surface area contributed by atoms with Crippen molar-refractivity contribution in [2.45, 2.75) is 39.2 Å². The highest BCUT2D eigenvalue weighted by molar-refractivity contribution is 6.33. The monoisotopic (exact) mass is 297 g/mol. The first-order valence-electron chi connectivity index (χ1n) is 6.90. The molecule has 0 aromatic carbocycles. The van der Waals surface area contributed by atoms with Gasteiger partial charge >= 0.3 is 0 Å². The molecule has 0 bridgehead atoms. The Bertz CT molecular complexity index is 505. The molecule has 0 spiro atoms. The molecule has 0 aliphatic carbocycles. The Balaban J connectivity index is 2.19. The lowest BCUT2D eigenvalue weighted by Gasteiger charge is -2.18. The van der Waals surface area contributed by atoms with Gasteiger partial charge in [-0.1, -0.05) is 25.4 Å². The van der Waals surface area contributed by atoms with Crippen LogP contribution in [-0.4, -0.2) is 45.1 Å². The first-order chi connectivity index (χ1) is 9.40. The van der Waals surface area contributed by atoms with E-state index in [1.807, 2.05) is 13.8 Å². The molecule has 2 rings (SSSR count). The molecule has 1 aliphatic heterocycles. The topological polar surface area (TPSA) is 66.3 Å². The van der Waals surface area contributed by atoms with E-state index < -0.39 is 6.10 Å².